The van der Waals surface area contributed by atoms with E-state index < -0.39 is 6.17 Å². The maximum absolute atomic E-state index is 12.0. The van der Waals surface area contributed by atoms with Crippen molar-refractivity contribution in [2.24, 2.45) is 15.2 Å². The van der Waals surface area contributed by atoms with Crippen LogP contribution >= 0.6 is 0 Å². The van der Waals surface area contributed by atoms with Gasteiger partial charge in [0.1, 0.15) is 5.84 Å². The Morgan fingerprint density at radius 2 is 1.62 bits per heavy atom. The van der Waals surface area contributed by atoms with E-state index in [1.54, 1.807) is 11.8 Å². The lowest BCUT2D eigenvalue weighted by molar-refractivity contribution is -0.118. The highest BCUT2D eigenvalue weighted by Crippen LogP contribution is 2.24. The Balaban J connectivity index is 1.90. The molecule has 0 bridgehead atoms. The van der Waals surface area contributed by atoms with Gasteiger partial charge in [0, 0.05) is 5.69 Å². The molecule has 2 aromatic rings. The molecule has 0 saturated carbocycles. The number of rotatable bonds is 3. The summed E-state index contributed by atoms with van der Waals surface area (Å²) in [5.41, 5.74) is 1.59. The van der Waals surface area contributed by atoms with Crippen LogP contribution in [0.5, 0.6) is 0 Å². The number of carbonyl (C=O) groups is 1. The molecule has 3 rings (SSSR count). The van der Waals surface area contributed by atoms with Crippen molar-refractivity contribution >= 4 is 23.1 Å². The fraction of sp³-hybridized carbons (Fsp3) is 0.125. The van der Waals surface area contributed by atoms with Crippen molar-refractivity contribution in [3.8, 4) is 0 Å². The molecule has 0 unspecified atom stereocenters. The van der Waals surface area contributed by atoms with Gasteiger partial charge in [0.15, 0.2) is 0 Å². The van der Waals surface area contributed by atoms with Crippen LogP contribution in [-0.2, 0) is 4.79 Å². The number of hydrogen-bond donors (Lipinski definition) is 0. The molecule has 21 heavy (non-hydrogen) atoms. The number of amidine groups is 1. The molecule has 2 aromatic carbocycles. The number of amides is 1. The summed E-state index contributed by atoms with van der Waals surface area (Å²) in [5, 5.41) is 8.31. The first kappa shape index (κ1) is 13.2. The lowest BCUT2D eigenvalue weighted by Crippen LogP contribution is -2.35. The highest BCUT2D eigenvalue weighted by molar-refractivity contribution is 6.13. The molecule has 0 aromatic heterocycles. The molecular weight excluding hydrogens is 264 g/mol. The third-order valence-electron chi connectivity index (χ3n) is 3.16. The second-order valence-corrected chi connectivity index (χ2v) is 4.63. The van der Waals surface area contributed by atoms with Gasteiger partial charge in [-0.3, -0.25) is 9.69 Å². The van der Waals surface area contributed by atoms with E-state index in [4.69, 9.17) is 0 Å². The lowest BCUT2D eigenvalue weighted by atomic mass is 10.2. The van der Waals surface area contributed by atoms with Crippen LogP contribution in [0, 0.1) is 0 Å². The minimum atomic E-state index is -0.729. The number of anilines is 1. The molecule has 1 atom stereocenters. The van der Waals surface area contributed by atoms with Crippen molar-refractivity contribution < 1.29 is 4.79 Å². The zero-order valence-electron chi connectivity index (χ0n) is 11.5. The molecule has 1 aliphatic rings. The Labute approximate surface area is 122 Å². The number of benzene rings is 2. The summed E-state index contributed by atoms with van der Waals surface area (Å²) >= 11 is 0. The number of para-hydroxylation sites is 1. The van der Waals surface area contributed by atoms with Crippen molar-refractivity contribution in [3.63, 3.8) is 0 Å². The van der Waals surface area contributed by atoms with Crippen molar-refractivity contribution in [3.05, 3.63) is 60.7 Å². The minimum Gasteiger partial charge on any atom is -0.297 e. The van der Waals surface area contributed by atoms with E-state index in [-0.39, 0.29) is 5.91 Å². The molecule has 5 heteroatoms. The fourth-order valence-corrected chi connectivity index (χ4v) is 2.19. The zero-order chi connectivity index (χ0) is 14.7. The molecule has 1 amide bonds. The first-order valence-corrected chi connectivity index (χ1v) is 6.65. The van der Waals surface area contributed by atoms with E-state index in [0.717, 1.165) is 5.69 Å². The van der Waals surface area contributed by atoms with Gasteiger partial charge < -0.3 is 0 Å². The summed E-state index contributed by atoms with van der Waals surface area (Å²) in [5.74, 6) is 0.333. The molecule has 0 saturated heterocycles. The van der Waals surface area contributed by atoms with Gasteiger partial charge in [0.25, 0.3) is 5.91 Å². The second-order valence-electron chi connectivity index (χ2n) is 4.63. The maximum atomic E-state index is 12.0. The summed E-state index contributed by atoms with van der Waals surface area (Å²) in [6, 6.07) is 18.9. The van der Waals surface area contributed by atoms with Crippen LogP contribution in [0.3, 0.4) is 0 Å². The summed E-state index contributed by atoms with van der Waals surface area (Å²) in [7, 11) is 0. The molecule has 104 valence electrons. The maximum Gasteiger partial charge on any atom is 0.295 e. The van der Waals surface area contributed by atoms with E-state index in [0.29, 0.717) is 11.5 Å². The van der Waals surface area contributed by atoms with Gasteiger partial charge in [-0.2, -0.15) is 15.2 Å². The predicted molar refractivity (Wildman–Crippen MR) is 81.8 cm³/mol. The zero-order valence-corrected chi connectivity index (χ0v) is 11.5. The van der Waals surface area contributed by atoms with Crippen LogP contribution in [0.2, 0.25) is 0 Å². The van der Waals surface area contributed by atoms with Crippen molar-refractivity contribution in [1.82, 2.24) is 0 Å². The average molecular weight is 278 g/mol. The molecule has 0 radical (unpaired) electrons. The Morgan fingerprint density at radius 1 is 1.00 bits per heavy atom. The number of carbonyl (C=O) groups excluding carboxylic acids is 1. The molecule has 1 heterocycles. The van der Waals surface area contributed by atoms with Crippen LogP contribution in [0.1, 0.15) is 6.92 Å². The number of azo groups is 1. The molecule has 1 aliphatic heterocycles. The lowest BCUT2D eigenvalue weighted by Gasteiger charge is -2.21. The summed E-state index contributed by atoms with van der Waals surface area (Å²) in [6.45, 7) is 1.79. The van der Waals surface area contributed by atoms with E-state index in [1.165, 1.54) is 0 Å². The number of hydrogen-bond acceptors (Lipinski definition) is 4. The number of nitrogens with zero attached hydrogens (tertiary/aromatic N) is 4. The topological polar surface area (TPSA) is 57.4 Å². The summed E-state index contributed by atoms with van der Waals surface area (Å²) < 4.78 is 0. The van der Waals surface area contributed by atoms with Gasteiger partial charge in [-0.25, -0.2) is 0 Å². The van der Waals surface area contributed by atoms with Crippen LogP contribution < -0.4 is 4.90 Å². The van der Waals surface area contributed by atoms with Gasteiger partial charge in [0.05, 0.1) is 5.69 Å². The first-order valence-electron chi connectivity index (χ1n) is 6.65. The highest BCUT2D eigenvalue weighted by atomic mass is 16.2. The standard InChI is InChI=1S/C16H14N4O/c1-12-17-16(21)15(19-18-13-8-4-2-5-9-13)20(12)14-10-6-3-7-11-14/h2-11,15H,1H3/t15-/m1/s1. The highest BCUT2D eigenvalue weighted by Gasteiger charge is 2.34. The third kappa shape index (κ3) is 2.72. The smallest absolute Gasteiger partial charge is 0.295 e. The fourth-order valence-electron chi connectivity index (χ4n) is 2.19. The van der Waals surface area contributed by atoms with Gasteiger partial charge in [-0.15, -0.1) is 0 Å². The third-order valence-corrected chi connectivity index (χ3v) is 3.16. The molecule has 0 N–H and O–H groups in total. The minimum absolute atomic E-state index is 0.295. The molecule has 5 nitrogen and oxygen atoms in total. The molecule has 0 aliphatic carbocycles. The van der Waals surface area contributed by atoms with Crippen molar-refractivity contribution in [2.45, 2.75) is 13.1 Å². The van der Waals surface area contributed by atoms with Crippen molar-refractivity contribution in [1.29, 1.82) is 0 Å². The largest absolute Gasteiger partial charge is 0.297 e. The SMILES string of the molecule is CC1=NC(=O)[C@H](N=Nc2ccccc2)N1c1ccccc1. The van der Waals surface area contributed by atoms with Crippen molar-refractivity contribution in [2.75, 3.05) is 4.90 Å². The summed E-state index contributed by atoms with van der Waals surface area (Å²) in [4.78, 5) is 17.8. The van der Waals surface area contributed by atoms with E-state index in [9.17, 15) is 4.79 Å². The second kappa shape index (κ2) is 5.66. The predicted octanol–water partition coefficient (Wildman–Crippen LogP) is 3.56. The Kier molecular flexibility index (Phi) is 3.55. The summed E-state index contributed by atoms with van der Waals surface area (Å²) in [6.07, 6.45) is -0.729. The van der Waals surface area contributed by atoms with E-state index in [2.05, 4.69) is 15.2 Å². The van der Waals surface area contributed by atoms with E-state index in [1.807, 2.05) is 60.7 Å². The van der Waals surface area contributed by atoms with Crippen LogP contribution in [0.15, 0.2) is 75.9 Å². The Hall–Kier alpha value is -2.82. The average Bonchev–Trinajstić information content (AvgIpc) is 2.81. The molecule has 0 spiro atoms. The molecular formula is C16H14N4O. The van der Waals surface area contributed by atoms with Crippen LogP contribution in [0.25, 0.3) is 0 Å². The Morgan fingerprint density at radius 3 is 2.29 bits per heavy atom. The van der Waals surface area contributed by atoms with Gasteiger partial charge in [-0.05, 0) is 31.2 Å². The van der Waals surface area contributed by atoms with Gasteiger partial charge in [-0.1, -0.05) is 36.4 Å². The Bertz CT molecular complexity index is 695. The quantitative estimate of drug-likeness (QED) is 0.806. The van der Waals surface area contributed by atoms with E-state index >= 15 is 0 Å². The first-order chi connectivity index (χ1) is 10.3. The normalized spacial score (nSPS) is 18.3. The van der Waals surface area contributed by atoms with Gasteiger partial charge in [0.2, 0.25) is 6.17 Å². The number of aliphatic imine (C=N–C) groups is 1. The van der Waals surface area contributed by atoms with Gasteiger partial charge >= 0.3 is 0 Å². The monoisotopic (exact) mass is 278 g/mol. The van der Waals surface area contributed by atoms with Crippen LogP contribution in [-0.4, -0.2) is 17.9 Å². The molecule has 0 fully saturated rings. The van der Waals surface area contributed by atoms with Crippen LogP contribution in [0.4, 0.5) is 11.4 Å².